The zero-order chi connectivity index (χ0) is 26.1. The van der Waals surface area contributed by atoms with Gasteiger partial charge in [-0.1, -0.05) is 17.7 Å². The van der Waals surface area contributed by atoms with Crippen LogP contribution in [0.2, 0.25) is 0 Å². The zero-order valence-corrected chi connectivity index (χ0v) is 20.4. The van der Waals surface area contributed by atoms with E-state index < -0.39 is 5.63 Å². The predicted octanol–water partition coefficient (Wildman–Crippen LogP) is 5.63. The highest BCUT2D eigenvalue weighted by atomic mass is 16.5. The fourth-order valence-corrected chi connectivity index (χ4v) is 4.04. The number of carbonyl (C=O) groups excluding carboxylic acids is 1. The Morgan fingerprint density at radius 1 is 0.838 bits per heavy atom. The number of hydrogen-bond donors (Lipinski definition) is 1. The Morgan fingerprint density at radius 3 is 2.41 bits per heavy atom. The minimum Gasteiger partial charge on any atom is -0.484 e. The van der Waals surface area contributed by atoms with Crippen molar-refractivity contribution in [2.75, 3.05) is 11.9 Å². The zero-order valence-electron chi connectivity index (χ0n) is 20.4. The van der Waals surface area contributed by atoms with Crippen molar-refractivity contribution in [3.8, 4) is 17.2 Å². The molecule has 0 fully saturated rings. The van der Waals surface area contributed by atoms with Crippen LogP contribution in [0.5, 0.6) is 17.2 Å². The lowest BCUT2D eigenvalue weighted by atomic mass is 10.1. The first-order chi connectivity index (χ1) is 17.8. The third-order valence-corrected chi connectivity index (χ3v) is 5.89. The summed E-state index contributed by atoms with van der Waals surface area (Å²) in [7, 11) is 0. The molecule has 8 nitrogen and oxygen atoms in total. The molecule has 1 N–H and O–H groups in total. The Labute approximate surface area is 211 Å². The van der Waals surface area contributed by atoms with Gasteiger partial charge in [0.1, 0.15) is 28.9 Å². The lowest BCUT2D eigenvalue weighted by Crippen LogP contribution is -2.20. The van der Waals surface area contributed by atoms with Gasteiger partial charge in [-0.3, -0.25) is 9.59 Å². The molecule has 37 heavy (non-hydrogen) atoms. The van der Waals surface area contributed by atoms with Gasteiger partial charge >= 0.3 is 5.63 Å². The van der Waals surface area contributed by atoms with E-state index in [0.717, 1.165) is 27.8 Å². The molecule has 2 aromatic heterocycles. The Balaban J connectivity index is 1.31. The number of aryl methyl sites for hydroxylation is 3. The molecule has 5 rings (SSSR count). The molecular formula is C29H23NO7. The second kappa shape index (κ2) is 9.66. The van der Waals surface area contributed by atoms with E-state index in [1.165, 1.54) is 12.3 Å². The molecule has 0 aliphatic heterocycles. The number of rotatable bonds is 6. The summed E-state index contributed by atoms with van der Waals surface area (Å²) in [6, 6.07) is 16.8. The van der Waals surface area contributed by atoms with E-state index in [1.807, 2.05) is 39.0 Å². The first-order valence-electron chi connectivity index (χ1n) is 11.5. The summed E-state index contributed by atoms with van der Waals surface area (Å²) in [4.78, 5) is 37.0. The highest BCUT2D eigenvalue weighted by Gasteiger charge is 2.13. The van der Waals surface area contributed by atoms with Gasteiger partial charge in [0.2, 0.25) is 11.2 Å². The van der Waals surface area contributed by atoms with Gasteiger partial charge in [-0.25, -0.2) is 4.79 Å². The summed E-state index contributed by atoms with van der Waals surface area (Å²) >= 11 is 0. The van der Waals surface area contributed by atoms with Gasteiger partial charge in [0.25, 0.3) is 5.91 Å². The minimum atomic E-state index is -0.465. The number of nitrogens with one attached hydrogen (secondary N) is 1. The van der Waals surface area contributed by atoms with Crippen molar-refractivity contribution in [2.24, 2.45) is 0 Å². The van der Waals surface area contributed by atoms with Crippen molar-refractivity contribution < 1.29 is 23.1 Å². The second-order valence-electron chi connectivity index (χ2n) is 8.75. The molecule has 5 aromatic rings. The molecule has 0 saturated carbocycles. The number of hydrogen-bond acceptors (Lipinski definition) is 7. The van der Waals surface area contributed by atoms with E-state index >= 15 is 0 Å². The quantitative estimate of drug-likeness (QED) is 0.303. The van der Waals surface area contributed by atoms with Gasteiger partial charge < -0.3 is 23.6 Å². The Kier molecular flexibility index (Phi) is 6.23. The van der Waals surface area contributed by atoms with Crippen LogP contribution < -0.4 is 25.8 Å². The maximum atomic E-state index is 13.0. The van der Waals surface area contributed by atoms with Crippen molar-refractivity contribution in [2.45, 2.75) is 20.8 Å². The summed E-state index contributed by atoms with van der Waals surface area (Å²) in [5, 5.41) is 3.88. The van der Waals surface area contributed by atoms with Crippen LogP contribution in [0.25, 0.3) is 21.9 Å². The van der Waals surface area contributed by atoms with E-state index in [9.17, 15) is 14.4 Å². The molecule has 0 atom stereocenters. The van der Waals surface area contributed by atoms with Gasteiger partial charge in [0.15, 0.2) is 6.61 Å². The number of carbonyl (C=O) groups is 1. The number of amides is 1. The van der Waals surface area contributed by atoms with Crippen molar-refractivity contribution in [1.82, 2.24) is 0 Å². The largest absolute Gasteiger partial charge is 0.484 e. The van der Waals surface area contributed by atoms with E-state index in [4.69, 9.17) is 18.3 Å². The smallest absolute Gasteiger partial charge is 0.336 e. The minimum absolute atomic E-state index is 0.0247. The molecule has 2 heterocycles. The van der Waals surface area contributed by atoms with E-state index in [2.05, 4.69) is 5.32 Å². The highest BCUT2D eigenvalue weighted by molar-refractivity contribution is 5.92. The average molecular weight is 498 g/mol. The summed E-state index contributed by atoms with van der Waals surface area (Å²) in [6.45, 7) is 5.51. The predicted molar refractivity (Wildman–Crippen MR) is 140 cm³/mol. The van der Waals surface area contributed by atoms with Crippen LogP contribution in [-0.4, -0.2) is 12.5 Å². The molecule has 186 valence electrons. The summed E-state index contributed by atoms with van der Waals surface area (Å²) in [6.07, 6.45) is 1.21. The van der Waals surface area contributed by atoms with Crippen molar-refractivity contribution >= 4 is 33.5 Å². The molecule has 0 bridgehead atoms. The summed E-state index contributed by atoms with van der Waals surface area (Å²) in [5.41, 5.74) is 3.37. The molecule has 3 aromatic carbocycles. The van der Waals surface area contributed by atoms with Crippen LogP contribution in [-0.2, 0) is 4.79 Å². The second-order valence-corrected chi connectivity index (χ2v) is 8.75. The molecular weight excluding hydrogens is 474 g/mol. The lowest BCUT2D eigenvalue weighted by Gasteiger charge is -2.11. The monoisotopic (exact) mass is 497 g/mol. The topological polar surface area (TPSA) is 108 Å². The van der Waals surface area contributed by atoms with Crippen LogP contribution in [0, 0.1) is 20.8 Å². The molecule has 0 aliphatic carbocycles. The van der Waals surface area contributed by atoms with E-state index in [1.54, 1.807) is 36.4 Å². The SMILES string of the molecule is Cc1ccc(NC(=O)COc2ccc3c(=O)c(Oc4ccc5c(C)cc(=O)oc5c4)coc3c2)c(C)c1. The lowest BCUT2D eigenvalue weighted by molar-refractivity contribution is -0.118. The van der Waals surface area contributed by atoms with Gasteiger partial charge in [-0.15, -0.1) is 0 Å². The number of anilines is 1. The Hall–Kier alpha value is -4.85. The number of fused-ring (bicyclic) bond motifs is 2. The van der Waals surface area contributed by atoms with Crippen molar-refractivity contribution in [1.29, 1.82) is 0 Å². The van der Waals surface area contributed by atoms with Crippen LogP contribution in [0.1, 0.15) is 16.7 Å². The molecule has 1 amide bonds. The average Bonchev–Trinajstić information content (AvgIpc) is 2.86. The summed E-state index contributed by atoms with van der Waals surface area (Å²) < 4.78 is 22.2. The first kappa shape index (κ1) is 23.9. The van der Waals surface area contributed by atoms with Gasteiger partial charge in [0, 0.05) is 29.3 Å². The third-order valence-electron chi connectivity index (χ3n) is 5.89. The molecule has 0 spiro atoms. The summed E-state index contributed by atoms with van der Waals surface area (Å²) in [5.74, 6) is 0.365. The fraction of sp³-hybridized carbons (Fsp3) is 0.138. The molecule has 0 radical (unpaired) electrons. The van der Waals surface area contributed by atoms with Crippen LogP contribution in [0.4, 0.5) is 5.69 Å². The highest BCUT2D eigenvalue weighted by Crippen LogP contribution is 2.27. The van der Waals surface area contributed by atoms with Gasteiger partial charge in [-0.05, 0) is 62.2 Å². The van der Waals surface area contributed by atoms with Crippen LogP contribution >= 0.6 is 0 Å². The van der Waals surface area contributed by atoms with Crippen molar-refractivity contribution in [3.63, 3.8) is 0 Å². The van der Waals surface area contributed by atoms with E-state index in [0.29, 0.717) is 17.1 Å². The molecule has 0 unspecified atom stereocenters. The normalized spacial score (nSPS) is 11.0. The van der Waals surface area contributed by atoms with E-state index in [-0.39, 0.29) is 34.7 Å². The Morgan fingerprint density at radius 2 is 1.59 bits per heavy atom. The molecule has 0 aliphatic rings. The fourth-order valence-electron chi connectivity index (χ4n) is 4.04. The van der Waals surface area contributed by atoms with Crippen molar-refractivity contribution in [3.05, 3.63) is 104 Å². The molecule has 0 saturated heterocycles. The number of ether oxygens (including phenoxy) is 2. The van der Waals surface area contributed by atoms with Gasteiger partial charge in [-0.2, -0.15) is 0 Å². The Bertz CT molecular complexity index is 1780. The molecule has 8 heteroatoms. The van der Waals surface area contributed by atoms with Gasteiger partial charge in [0.05, 0.1) is 5.39 Å². The third kappa shape index (κ3) is 5.08. The standard InChI is InChI=1S/C29H23NO7/c1-16-4-9-23(18(3)10-16)30-27(31)15-34-19-5-8-22-24(12-19)35-14-26(29(22)33)36-20-6-7-21-17(2)11-28(32)37-25(21)13-20/h4-14H,15H2,1-3H3,(H,30,31). The van der Waals surface area contributed by atoms with Crippen LogP contribution in [0.3, 0.4) is 0 Å². The van der Waals surface area contributed by atoms with Crippen LogP contribution in [0.15, 0.2) is 85.4 Å². The maximum Gasteiger partial charge on any atom is 0.336 e. The number of benzene rings is 3. The first-order valence-corrected chi connectivity index (χ1v) is 11.5. The maximum absolute atomic E-state index is 13.0.